The quantitative estimate of drug-likeness (QED) is 0.842. The van der Waals surface area contributed by atoms with Crippen LogP contribution >= 0.6 is 0 Å². The smallest absolute Gasteiger partial charge is 0.255 e. The van der Waals surface area contributed by atoms with E-state index in [1.807, 2.05) is 19.1 Å². The summed E-state index contributed by atoms with van der Waals surface area (Å²) in [6.07, 6.45) is 5.17. The molecule has 2 aromatic carbocycles. The van der Waals surface area contributed by atoms with Crippen molar-refractivity contribution in [3.63, 3.8) is 0 Å². The number of nitrogens with zero attached hydrogens (tertiary/aromatic N) is 1. The van der Waals surface area contributed by atoms with Crippen LogP contribution in [-0.4, -0.2) is 38.8 Å². The van der Waals surface area contributed by atoms with E-state index in [1.54, 1.807) is 24.3 Å². The maximum absolute atomic E-state index is 12.6. The first-order chi connectivity index (χ1) is 12.7. The number of hydrogen-bond donors (Lipinski definition) is 1. The van der Waals surface area contributed by atoms with Gasteiger partial charge in [-0.15, -0.1) is 6.42 Å². The van der Waals surface area contributed by atoms with Gasteiger partial charge in [0.15, 0.2) is 0 Å². The van der Waals surface area contributed by atoms with Crippen LogP contribution < -0.4 is 15.0 Å². The van der Waals surface area contributed by atoms with Crippen LogP contribution in [0.2, 0.25) is 0 Å². The molecule has 1 N–H and O–H groups in total. The molecule has 0 unspecified atom stereocenters. The van der Waals surface area contributed by atoms with E-state index in [1.165, 1.54) is 0 Å². The molecular weight excluding hydrogens is 328 g/mol. The van der Waals surface area contributed by atoms with Gasteiger partial charge in [0.25, 0.3) is 5.91 Å². The number of morpholine rings is 1. The molecule has 1 fully saturated rings. The van der Waals surface area contributed by atoms with Crippen LogP contribution in [0.5, 0.6) is 5.75 Å². The number of amides is 1. The van der Waals surface area contributed by atoms with E-state index in [9.17, 15) is 4.79 Å². The van der Waals surface area contributed by atoms with E-state index in [4.69, 9.17) is 15.9 Å². The molecule has 0 atom stereocenters. The molecule has 1 heterocycles. The summed E-state index contributed by atoms with van der Waals surface area (Å²) in [5.41, 5.74) is 3.56. The summed E-state index contributed by atoms with van der Waals surface area (Å²) in [5.74, 6) is 2.90. The van der Waals surface area contributed by atoms with Gasteiger partial charge < -0.3 is 19.7 Å². The SMILES string of the molecule is C#CCOc1ccc(C(=O)Nc2cccc(N3CCOCC3)c2C)cc1. The molecule has 5 heteroatoms. The molecule has 0 aliphatic carbocycles. The standard InChI is InChI=1S/C21H22N2O3/c1-3-13-26-18-9-7-17(8-10-18)21(24)22-19-5-4-6-20(16(19)2)23-11-14-25-15-12-23/h1,4-10H,11-15H2,2H3,(H,22,24). The average Bonchev–Trinajstić information content (AvgIpc) is 2.69. The van der Waals surface area contributed by atoms with Gasteiger partial charge in [0.2, 0.25) is 0 Å². The fourth-order valence-electron chi connectivity index (χ4n) is 2.93. The van der Waals surface area contributed by atoms with Crippen molar-refractivity contribution >= 4 is 17.3 Å². The maximum Gasteiger partial charge on any atom is 0.255 e. The van der Waals surface area contributed by atoms with Gasteiger partial charge in [0.05, 0.1) is 13.2 Å². The fraction of sp³-hybridized carbons (Fsp3) is 0.286. The number of rotatable bonds is 5. The number of anilines is 2. The second kappa shape index (κ2) is 8.41. The molecule has 2 aromatic rings. The predicted molar refractivity (Wildman–Crippen MR) is 103 cm³/mol. The second-order valence-electron chi connectivity index (χ2n) is 6.02. The lowest BCUT2D eigenvalue weighted by Gasteiger charge is -2.30. The van der Waals surface area contributed by atoms with E-state index in [2.05, 4.69) is 22.2 Å². The molecule has 1 aliphatic heterocycles. The molecule has 5 nitrogen and oxygen atoms in total. The summed E-state index contributed by atoms with van der Waals surface area (Å²) in [5, 5.41) is 3.00. The summed E-state index contributed by atoms with van der Waals surface area (Å²) < 4.78 is 10.7. The lowest BCUT2D eigenvalue weighted by Crippen LogP contribution is -2.36. The molecule has 3 rings (SSSR count). The van der Waals surface area contributed by atoms with Crippen molar-refractivity contribution in [1.29, 1.82) is 0 Å². The van der Waals surface area contributed by atoms with Crippen molar-refractivity contribution < 1.29 is 14.3 Å². The topological polar surface area (TPSA) is 50.8 Å². The van der Waals surface area contributed by atoms with Crippen molar-refractivity contribution in [3.05, 3.63) is 53.6 Å². The van der Waals surface area contributed by atoms with Crippen LogP contribution in [0.3, 0.4) is 0 Å². The number of benzene rings is 2. The van der Waals surface area contributed by atoms with Gasteiger partial charge >= 0.3 is 0 Å². The van der Waals surface area contributed by atoms with Crippen LogP contribution in [-0.2, 0) is 4.74 Å². The third kappa shape index (κ3) is 4.16. The Bertz CT molecular complexity index is 803. The molecule has 0 bridgehead atoms. The minimum atomic E-state index is -0.157. The molecule has 1 saturated heterocycles. The number of nitrogens with one attached hydrogen (secondary N) is 1. The Morgan fingerprint density at radius 2 is 1.96 bits per heavy atom. The number of carbonyl (C=O) groups is 1. The highest BCUT2D eigenvalue weighted by atomic mass is 16.5. The first-order valence-corrected chi connectivity index (χ1v) is 8.59. The van der Waals surface area contributed by atoms with E-state index < -0.39 is 0 Å². The van der Waals surface area contributed by atoms with Crippen LogP contribution in [0.15, 0.2) is 42.5 Å². The van der Waals surface area contributed by atoms with E-state index >= 15 is 0 Å². The third-order valence-electron chi connectivity index (χ3n) is 4.34. The minimum Gasteiger partial charge on any atom is -0.481 e. The Morgan fingerprint density at radius 1 is 1.23 bits per heavy atom. The van der Waals surface area contributed by atoms with Crippen LogP contribution in [0, 0.1) is 19.3 Å². The summed E-state index contributed by atoms with van der Waals surface area (Å²) in [7, 11) is 0. The zero-order valence-corrected chi connectivity index (χ0v) is 14.8. The van der Waals surface area contributed by atoms with Gasteiger partial charge in [0, 0.05) is 30.0 Å². The highest BCUT2D eigenvalue weighted by molar-refractivity contribution is 6.05. The van der Waals surface area contributed by atoms with Gasteiger partial charge in [-0.25, -0.2) is 0 Å². The molecule has 1 aliphatic rings. The van der Waals surface area contributed by atoms with Crippen LogP contribution in [0.4, 0.5) is 11.4 Å². The molecule has 0 aromatic heterocycles. The van der Waals surface area contributed by atoms with E-state index in [0.717, 1.165) is 43.2 Å². The van der Waals surface area contributed by atoms with Gasteiger partial charge in [-0.3, -0.25) is 4.79 Å². The van der Waals surface area contributed by atoms with Crippen molar-refractivity contribution in [2.24, 2.45) is 0 Å². The monoisotopic (exact) mass is 350 g/mol. The number of ether oxygens (including phenoxy) is 2. The minimum absolute atomic E-state index is 0.157. The molecule has 0 spiro atoms. The highest BCUT2D eigenvalue weighted by Gasteiger charge is 2.16. The van der Waals surface area contributed by atoms with Crippen LogP contribution in [0.1, 0.15) is 15.9 Å². The summed E-state index contributed by atoms with van der Waals surface area (Å²) in [4.78, 5) is 14.8. The number of hydrogen-bond acceptors (Lipinski definition) is 4. The van der Waals surface area contributed by atoms with Gasteiger partial charge in [-0.05, 0) is 48.9 Å². The van der Waals surface area contributed by atoms with Gasteiger partial charge in [-0.2, -0.15) is 0 Å². The van der Waals surface area contributed by atoms with Crippen molar-refractivity contribution in [2.45, 2.75) is 6.92 Å². The second-order valence-corrected chi connectivity index (χ2v) is 6.02. The zero-order chi connectivity index (χ0) is 18.4. The van der Waals surface area contributed by atoms with Crippen molar-refractivity contribution in [1.82, 2.24) is 0 Å². The molecule has 26 heavy (non-hydrogen) atoms. The molecular formula is C21H22N2O3. The van der Waals surface area contributed by atoms with Crippen molar-refractivity contribution in [3.8, 4) is 18.1 Å². The van der Waals surface area contributed by atoms with Gasteiger partial charge in [0.1, 0.15) is 12.4 Å². The van der Waals surface area contributed by atoms with E-state index in [-0.39, 0.29) is 12.5 Å². The fourth-order valence-corrected chi connectivity index (χ4v) is 2.93. The Morgan fingerprint density at radius 3 is 2.65 bits per heavy atom. The van der Waals surface area contributed by atoms with Crippen LogP contribution in [0.25, 0.3) is 0 Å². The summed E-state index contributed by atoms with van der Waals surface area (Å²) >= 11 is 0. The average molecular weight is 350 g/mol. The molecule has 0 radical (unpaired) electrons. The molecule has 1 amide bonds. The molecule has 0 saturated carbocycles. The lowest BCUT2D eigenvalue weighted by molar-refractivity contribution is 0.102. The first kappa shape index (κ1) is 17.8. The maximum atomic E-state index is 12.6. The summed E-state index contributed by atoms with van der Waals surface area (Å²) in [6.45, 7) is 5.40. The summed E-state index contributed by atoms with van der Waals surface area (Å²) in [6, 6.07) is 12.9. The third-order valence-corrected chi connectivity index (χ3v) is 4.34. The first-order valence-electron chi connectivity index (χ1n) is 8.59. The lowest BCUT2D eigenvalue weighted by atomic mass is 10.1. The predicted octanol–water partition coefficient (Wildman–Crippen LogP) is 3.10. The molecule has 134 valence electrons. The number of terminal acetylenes is 1. The Balaban J connectivity index is 1.72. The van der Waals surface area contributed by atoms with Gasteiger partial charge in [-0.1, -0.05) is 12.0 Å². The Hall–Kier alpha value is -2.97. The van der Waals surface area contributed by atoms with E-state index in [0.29, 0.717) is 11.3 Å². The number of carbonyl (C=O) groups excluding carboxylic acids is 1. The largest absolute Gasteiger partial charge is 0.481 e. The normalized spacial score (nSPS) is 13.8. The Kier molecular flexibility index (Phi) is 5.77. The zero-order valence-electron chi connectivity index (χ0n) is 14.8. The van der Waals surface area contributed by atoms with Crippen molar-refractivity contribution in [2.75, 3.05) is 43.1 Å². The highest BCUT2D eigenvalue weighted by Crippen LogP contribution is 2.28. The Labute approximate surface area is 153 Å².